The lowest BCUT2D eigenvalue weighted by Gasteiger charge is -2.21. The van der Waals surface area contributed by atoms with Gasteiger partial charge in [-0.25, -0.2) is 9.07 Å². The number of halogens is 1. The summed E-state index contributed by atoms with van der Waals surface area (Å²) in [6.07, 6.45) is 0.936. The molecule has 0 aliphatic heterocycles. The zero-order valence-electron chi connectivity index (χ0n) is 19.3. The molecular formula is C26H25FN6OS. The average molecular weight is 489 g/mol. The van der Waals surface area contributed by atoms with Crippen LogP contribution in [-0.2, 0) is 32.6 Å². The van der Waals surface area contributed by atoms with Gasteiger partial charge in [0.2, 0.25) is 0 Å². The Hall–Kier alpha value is -3.69. The molecule has 5 aromatic rings. The lowest BCUT2D eigenvalue weighted by Crippen LogP contribution is -2.27. The smallest absolute Gasteiger partial charge is 0.252 e. The normalized spacial score (nSPS) is 11.5. The van der Waals surface area contributed by atoms with Crippen molar-refractivity contribution in [1.82, 2.24) is 30.1 Å². The summed E-state index contributed by atoms with van der Waals surface area (Å²) >= 11 is 1.67. The van der Waals surface area contributed by atoms with E-state index >= 15 is 0 Å². The molecule has 1 N–H and O–H groups in total. The number of aryl methyl sites for hydroxylation is 1. The van der Waals surface area contributed by atoms with Crippen molar-refractivity contribution < 1.29 is 4.39 Å². The Balaban J connectivity index is 1.42. The highest BCUT2D eigenvalue weighted by molar-refractivity contribution is 7.09. The van der Waals surface area contributed by atoms with Crippen molar-refractivity contribution in [1.29, 1.82) is 0 Å². The number of nitrogens with one attached hydrogen (secondary N) is 1. The molecule has 178 valence electrons. The van der Waals surface area contributed by atoms with Gasteiger partial charge in [-0.15, -0.1) is 16.4 Å². The fourth-order valence-corrected chi connectivity index (χ4v) is 4.84. The molecule has 0 unspecified atom stereocenters. The number of H-pyrrole nitrogens is 1. The van der Waals surface area contributed by atoms with E-state index < -0.39 is 0 Å². The molecule has 0 aliphatic rings. The highest BCUT2D eigenvalue weighted by Gasteiger charge is 2.16. The molecule has 9 heteroatoms. The third kappa shape index (κ3) is 5.52. The number of thiophene rings is 1. The van der Waals surface area contributed by atoms with E-state index in [1.807, 2.05) is 29.6 Å². The van der Waals surface area contributed by atoms with Crippen molar-refractivity contribution in [3.63, 3.8) is 0 Å². The largest absolute Gasteiger partial charge is 0.322 e. The van der Waals surface area contributed by atoms with Crippen molar-refractivity contribution in [2.24, 2.45) is 0 Å². The van der Waals surface area contributed by atoms with Crippen LogP contribution < -0.4 is 5.56 Å². The number of pyridine rings is 1. The number of hydrogen-bond donors (Lipinski definition) is 1. The van der Waals surface area contributed by atoms with Gasteiger partial charge in [0.05, 0.1) is 13.1 Å². The maximum absolute atomic E-state index is 13.3. The SMILES string of the molecule is CCc1ccc2[nH]c(=O)c(CN(Cc3cccs3)Cc3nnnn3Cc3ccc(F)cc3)cc2c1. The van der Waals surface area contributed by atoms with E-state index in [0.717, 1.165) is 22.9 Å². The molecule has 5 rings (SSSR count). The van der Waals surface area contributed by atoms with Gasteiger partial charge in [-0.3, -0.25) is 9.69 Å². The van der Waals surface area contributed by atoms with Crippen LogP contribution in [0.1, 0.15) is 34.3 Å². The van der Waals surface area contributed by atoms with Crippen molar-refractivity contribution in [2.75, 3.05) is 0 Å². The third-order valence-corrected chi connectivity index (χ3v) is 6.83. The van der Waals surface area contributed by atoms with E-state index in [0.29, 0.717) is 37.6 Å². The van der Waals surface area contributed by atoms with E-state index in [1.165, 1.54) is 22.6 Å². The lowest BCUT2D eigenvalue weighted by atomic mass is 10.1. The van der Waals surface area contributed by atoms with Crippen LogP contribution in [0.4, 0.5) is 4.39 Å². The van der Waals surface area contributed by atoms with E-state index in [9.17, 15) is 9.18 Å². The Morgan fingerprint density at radius 2 is 1.86 bits per heavy atom. The topological polar surface area (TPSA) is 79.7 Å². The lowest BCUT2D eigenvalue weighted by molar-refractivity contribution is 0.238. The molecule has 0 fully saturated rings. The second-order valence-electron chi connectivity index (χ2n) is 8.50. The molecule has 0 bridgehead atoms. The van der Waals surface area contributed by atoms with Crippen molar-refractivity contribution in [2.45, 2.75) is 39.5 Å². The molecular weight excluding hydrogens is 463 g/mol. The Morgan fingerprint density at radius 1 is 1.03 bits per heavy atom. The molecule has 0 saturated carbocycles. The number of fused-ring (bicyclic) bond motifs is 1. The first-order chi connectivity index (χ1) is 17.1. The molecule has 3 aromatic heterocycles. The summed E-state index contributed by atoms with van der Waals surface area (Å²) in [6, 6.07) is 18.5. The third-order valence-electron chi connectivity index (χ3n) is 5.96. The van der Waals surface area contributed by atoms with Gasteiger partial charge < -0.3 is 4.98 Å². The number of tetrazole rings is 1. The minimum atomic E-state index is -0.278. The van der Waals surface area contributed by atoms with Gasteiger partial charge in [0.1, 0.15) is 5.82 Å². The fraction of sp³-hybridized carbons (Fsp3) is 0.231. The van der Waals surface area contributed by atoms with Gasteiger partial charge >= 0.3 is 0 Å². The monoisotopic (exact) mass is 488 g/mol. The zero-order chi connectivity index (χ0) is 24.2. The van der Waals surface area contributed by atoms with Gasteiger partial charge in [-0.2, -0.15) is 0 Å². The van der Waals surface area contributed by atoms with Crippen molar-refractivity contribution in [3.8, 4) is 0 Å². The van der Waals surface area contributed by atoms with E-state index in [2.05, 4.69) is 44.5 Å². The first-order valence-corrected chi connectivity index (χ1v) is 12.3. The first kappa shape index (κ1) is 23.1. The Morgan fingerprint density at radius 3 is 2.63 bits per heavy atom. The van der Waals surface area contributed by atoms with Crippen LogP contribution in [0.5, 0.6) is 0 Å². The maximum Gasteiger partial charge on any atom is 0.252 e. The summed E-state index contributed by atoms with van der Waals surface area (Å²) < 4.78 is 15.0. The Labute approximate surface area is 205 Å². The maximum atomic E-state index is 13.3. The minimum Gasteiger partial charge on any atom is -0.322 e. The van der Waals surface area contributed by atoms with Crippen molar-refractivity contribution in [3.05, 3.63) is 110 Å². The van der Waals surface area contributed by atoms with Crippen LogP contribution in [-0.4, -0.2) is 30.1 Å². The molecule has 0 saturated heterocycles. The second-order valence-corrected chi connectivity index (χ2v) is 9.53. The molecule has 2 aromatic carbocycles. The fourth-order valence-electron chi connectivity index (χ4n) is 4.09. The molecule has 0 spiro atoms. The Kier molecular flexibility index (Phi) is 6.78. The van der Waals surface area contributed by atoms with E-state index in [1.54, 1.807) is 28.2 Å². The van der Waals surface area contributed by atoms with Crippen LogP contribution in [0.25, 0.3) is 10.9 Å². The molecule has 0 atom stereocenters. The predicted octanol–water partition coefficient (Wildman–Crippen LogP) is 4.53. The summed E-state index contributed by atoms with van der Waals surface area (Å²) in [6.45, 7) is 4.12. The number of benzene rings is 2. The number of nitrogens with zero attached hydrogens (tertiary/aromatic N) is 5. The highest BCUT2D eigenvalue weighted by Crippen LogP contribution is 2.19. The van der Waals surface area contributed by atoms with Crippen LogP contribution in [0.15, 0.2) is 70.8 Å². The van der Waals surface area contributed by atoms with Gasteiger partial charge in [0.25, 0.3) is 5.56 Å². The number of hydrogen-bond acceptors (Lipinski definition) is 6. The Bertz CT molecular complexity index is 1480. The van der Waals surface area contributed by atoms with E-state index in [-0.39, 0.29) is 11.4 Å². The molecule has 0 radical (unpaired) electrons. The quantitative estimate of drug-likeness (QED) is 0.330. The van der Waals surface area contributed by atoms with E-state index in [4.69, 9.17) is 0 Å². The average Bonchev–Trinajstić information content (AvgIpc) is 3.53. The highest BCUT2D eigenvalue weighted by atomic mass is 32.1. The molecule has 7 nitrogen and oxygen atoms in total. The van der Waals surface area contributed by atoms with Crippen molar-refractivity contribution >= 4 is 22.2 Å². The molecule has 0 amide bonds. The van der Waals surface area contributed by atoms with Crippen LogP contribution in [0.3, 0.4) is 0 Å². The minimum absolute atomic E-state index is 0.0937. The summed E-state index contributed by atoms with van der Waals surface area (Å²) in [5.74, 6) is 0.399. The number of aromatic amines is 1. The van der Waals surface area contributed by atoms with Gasteiger partial charge in [-0.05, 0) is 75.1 Å². The first-order valence-electron chi connectivity index (χ1n) is 11.5. The summed E-state index contributed by atoms with van der Waals surface area (Å²) in [5, 5.41) is 15.3. The van der Waals surface area contributed by atoms with Crippen LogP contribution in [0, 0.1) is 5.82 Å². The van der Waals surface area contributed by atoms with Gasteiger partial charge in [-0.1, -0.05) is 31.2 Å². The molecule has 35 heavy (non-hydrogen) atoms. The molecule has 0 aliphatic carbocycles. The molecule has 3 heterocycles. The zero-order valence-corrected chi connectivity index (χ0v) is 20.1. The summed E-state index contributed by atoms with van der Waals surface area (Å²) in [5.41, 5.74) is 3.57. The summed E-state index contributed by atoms with van der Waals surface area (Å²) in [7, 11) is 0. The van der Waals surface area contributed by atoms with Gasteiger partial charge in [0, 0.05) is 29.0 Å². The standard InChI is InChI=1S/C26H25FN6OS/c1-2-18-7-10-24-20(12-18)13-21(26(34)28-24)15-32(16-23-4-3-11-35-23)17-25-29-30-31-33(25)14-19-5-8-22(27)9-6-19/h3-13H,2,14-17H2,1H3,(H,28,34). The van der Waals surface area contributed by atoms with Crippen LogP contribution in [0.2, 0.25) is 0 Å². The van der Waals surface area contributed by atoms with Gasteiger partial charge in [0.15, 0.2) is 5.82 Å². The number of aromatic nitrogens is 5. The van der Waals surface area contributed by atoms with Crippen LogP contribution >= 0.6 is 11.3 Å². The predicted molar refractivity (Wildman–Crippen MR) is 135 cm³/mol. The number of rotatable bonds is 9. The summed E-state index contributed by atoms with van der Waals surface area (Å²) in [4.78, 5) is 19.3. The second kappa shape index (κ2) is 10.3.